The smallest absolute Gasteiger partial charge is 0.416 e. The Hall–Kier alpha value is -1.64. The second kappa shape index (κ2) is 7.17. The van der Waals surface area contributed by atoms with Crippen LogP contribution in [0.25, 0.3) is 5.52 Å². The van der Waals surface area contributed by atoms with Crippen molar-refractivity contribution in [3.63, 3.8) is 0 Å². The number of ether oxygens (including phenoxy) is 1. The van der Waals surface area contributed by atoms with Gasteiger partial charge in [0.1, 0.15) is 11.1 Å². The van der Waals surface area contributed by atoms with Gasteiger partial charge in [0.15, 0.2) is 5.82 Å². The maximum absolute atomic E-state index is 12.9. The maximum atomic E-state index is 12.9. The Morgan fingerprint density at radius 3 is 2.81 bits per heavy atom. The van der Waals surface area contributed by atoms with E-state index in [0.717, 1.165) is 14.9 Å². The van der Waals surface area contributed by atoms with Gasteiger partial charge in [-0.05, 0) is 72.2 Å². The zero-order chi connectivity index (χ0) is 19.1. The SMILES string of the molecule is Cc1c(Br)cn2nc(Cl)nc(N(Cc3cccs3)C(=O)OC(C)(C)C)c12. The lowest BCUT2D eigenvalue weighted by molar-refractivity contribution is 0.0577. The molecule has 0 aliphatic rings. The summed E-state index contributed by atoms with van der Waals surface area (Å²) in [6, 6.07) is 3.90. The summed E-state index contributed by atoms with van der Waals surface area (Å²) < 4.78 is 8.08. The first-order valence-electron chi connectivity index (χ1n) is 7.89. The first-order valence-corrected chi connectivity index (χ1v) is 9.94. The fourth-order valence-corrected chi connectivity index (χ4v) is 3.68. The van der Waals surface area contributed by atoms with Gasteiger partial charge >= 0.3 is 6.09 Å². The van der Waals surface area contributed by atoms with Crippen molar-refractivity contribution in [3.8, 4) is 0 Å². The molecule has 0 aliphatic carbocycles. The Labute approximate surface area is 168 Å². The summed E-state index contributed by atoms with van der Waals surface area (Å²) in [6.07, 6.45) is 1.31. The van der Waals surface area contributed by atoms with Crippen LogP contribution in [0.5, 0.6) is 0 Å². The van der Waals surface area contributed by atoms with Crippen LogP contribution >= 0.6 is 38.9 Å². The Kier molecular flexibility index (Phi) is 5.28. The van der Waals surface area contributed by atoms with Gasteiger partial charge in [0.05, 0.1) is 6.54 Å². The van der Waals surface area contributed by atoms with Crippen molar-refractivity contribution >= 4 is 56.3 Å². The molecule has 0 atom stereocenters. The lowest BCUT2D eigenvalue weighted by Crippen LogP contribution is -2.37. The molecule has 26 heavy (non-hydrogen) atoms. The third kappa shape index (κ3) is 4.02. The standard InChI is InChI=1S/C17H18BrClN4O2S/c1-10-12(18)9-23-13(10)14(20-15(19)21-23)22(8-11-6-5-7-26-11)16(24)25-17(2,3)4/h5-7,9H,8H2,1-4H3. The highest BCUT2D eigenvalue weighted by atomic mass is 79.9. The van der Waals surface area contributed by atoms with Crippen molar-refractivity contribution < 1.29 is 9.53 Å². The Balaban J connectivity index is 2.15. The number of nitrogens with zero attached hydrogens (tertiary/aromatic N) is 4. The molecule has 6 nitrogen and oxygen atoms in total. The number of hydrogen-bond donors (Lipinski definition) is 0. The molecule has 0 aromatic carbocycles. The first kappa shape index (κ1) is 19.1. The van der Waals surface area contributed by atoms with Crippen LogP contribution < -0.4 is 4.90 Å². The minimum absolute atomic E-state index is 0.0507. The van der Waals surface area contributed by atoms with Crippen LogP contribution in [0.4, 0.5) is 10.6 Å². The molecule has 0 bridgehead atoms. The molecular formula is C17H18BrClN4O2S. The topological polar surface area (TPSA) is 59.7 Å². The number of hydrogen-bond acceptors (Lipinski definition) is 5. The summed E-state index contributed by atoms with van der Waals surface area (Å²) in [6.45, 7) is 7.75. The molecule has 3 rings (SSSR count). The van der Waals surface area contributed by atoms with Crippen LogP contribution in [0.3, 0.4) is 0 Å². The minimum atomic E-state index is -0.629. The van der Waals surface area contributed by atoms with E-state index in [1.54, 1.807) is 22.0 Å². The van der Waals surface area contributed by atoms with Gasteiger partial charge in [-0.25, -0.2) is 9.31 Å². The second-order valence-corrected chi connectivity index (χ2v) is 8.97. The van der Waals surface area contributed by atoms with E-state index in [0.29, 0.717) is 17.9 Å². The summed E-state index contributed by atoms with van der Waals surface area (Å²) in [5, 5.41) is 6.21. The fraction of sp³-hybridized carbons (Fsp3) is 0.353. The molecule has 0 unspecified atom stereocenters. The van der Waals surface area contributed by atoms with Crippen LogP contribution in [-0.4, -0.2) is 26.3 Å². The molecule has 0 saturated carbocycles. The van der Waals surface area contributed by atoms with Gasteiger partial charge in [-0.1, -0.05) is 6.07 Å². The van der Waals surface area contributed by atoms with Crippen molar-refractivity contribution in [1.82, 2.24) is 14.6 Å². The van der Waals surface area contributed by atoms with Crippen LogP contribution in [0, 0.1) is 6.92 Å². The molecule has 138 valence electrons. The summed E-state index contributed by atoms with van der Waals surface area (Å²) in [5.41, 5.74) is 0.982. The Bertz CT molecular complexity index is 950. The molecule has 0 fully saturated rings. The number of aryl methyl sites for hydroxylation is 1. The summed E-state index contributed by atoms with van der Waals surface area (Å²) in [4.78, 5) is 19.8. The number of rotatable bonds is 3. The molecule has 0 spiro atoms. The molecule has 3 aromatic heterocycles. The predicted octanol–water partition coefficient (Wildman–Crippen LogP) is 5.46. The lowest BCUT2D eigenvalue weighted by Gasteiger charge is -2.27. The first-order chi connectivity index (χ1) is 12.2. The number of fused-ring (bicyclic) bond motifs is 1. The largest absolute Gasteiger partial charge is 0.443 e. The molecule has 3 heterocycles. The van der Waals surface area contributed by atoms with Crippen molar-refractivity contribution in [2.24, 2.45) is 0 Å². The van der Waals surface area contributed by atoms with E-state index in [1.165, 1.54) is 4.90 Å². The van der Waals surface area contributed by atoms with Crippen molar-refractivity contribution in [2.45, 2.75) is 39.8 Å². The fourth-order valence-electron chi connectivity index (χ4n) is 2.44. The molecule has 0 saturated heterocycles. The average Bonchev–Trinajstić information content (AvgIpc) is 3.11. The molecule has 0 radical (unpaired) electrons. The van der Waals surface area contributed by atoms with Crippen molar-refractivity contribution in [1.29, 1.82) is 0 Å². The summed E-state index contributed by atoms with van der Waals surface area (Å²) >= 11 is 11.2. The number of carbonyl (C=O) groups is 1. The summed E-state index contributed by atoms with van der Waals surface area (Å²) in [7, 11) is 0. The third-order valence-corrected chi connectivity index (χ3v) is 5.36. The van der Waals surface area contributed by atoms with Gasteiger partial charge in [-0.3, -0.25) is 4.90 Å². The van der Waals surface area contributed by atoms with E-state index in [9.17, 15) is 4.79 Å². The lowest BCUT2D eigenvalue weighted by atomic mass is 10.2. The Morgan fingerprint density at radius 1 is 1.46 bits per heavy atom. The van der Waals surface area contributed by atoms with Crippen molar-refractivity contribution in [2.75, 3.05) is 4.90 Å². The van der Waals surface area contributed by atoms with E-state index in [2.05, 4.69) is 26.0 Å². The van der Waals surface area contributed by atoms with Gasteiger partial charge in [0.25, 0.3) is 0 Å². The number of anilines is 1. The highest BCUT2D eigenvalue weighted by molar-refractivity contribution is 9.10. The van der Waals surface area contributed by atoms with Crippen LogP contribution in [0.15, 0.2) is 28.2 Å². The molecule has 9 heteroatoms. The van der Waals surface area contributed by atoms with Gasteiger partial charge < -0.3 is 4.74 Å². The molecular weight excluding hydrogens is 440 g/mol. The Morgan fingerprint density at radius 2 is 2.19 bits per heavy atom. The number of aromatic nitrogens is 3. The third-order valence-electron chi connectivity index (χ3n) is 3.54. The van der Waals surface area contributed by atoms with Crippen molar-refractivity contribution in [3.05, 3.63) is 43.9 Å². The number of amides is 1. The van der Waals surface area contributed by atoms with Gasteiger partial charge in [0, 0.05) is 15.5 Å². The normalized spacial score (nSPS) is 11.8. The quantitative estimate of drug-likeness (QED) is 0.524. The van der Waals surface area contributed by atoms with E-state index in [4.69, 9.17) is 16.3 Å². The zero-order valence-corrected chi connectivity index (χ0v) is 17.9. The van der Waals surface area contributed by atoms with E-state index >= 15 is 0 Å². The van der Waals surface area contributed by atoms with Gasteiger partial charge in [-0.15, -0.1) is 16.4 Å². The highest BCUT2D eigenvalue weighted by Crippen LogP contribution is 2.32. The van der Waals surface area contributed by atoms with E-state index in [1.807, 2.05) is 45.2 Å². The van der Waals surface area contributed by atoms with Gasteiger partial charge in [0.2, 0.25) is 5.28 Å². The number of thiophene rings is 1. The number of halogens is 2. The van der Waals surface area contributed by atoms with Crippen LogP contribution in [0.1, 0.15) is 31.2 Å². The highest BCUT2D eigenvalue weighted by Gasteiger charge is 2.28. The molecule has 3 aromatic rings. The van der Waals surface area contributed by atoms with E-state index in [-0.39, 0.29) is 5.28 Å². The zero-order valence-electron chi connectivity index (χ0n) is 14.8. The predicted molar refractivity (Wildman–Crippen MR) is 107 cm³/mol. The van der Waals surface area contributed by atoms with E-state index < -0.39 is 11.7 Å². The molecule has 1 amide bonds. The second-order valence-electron chi connectivity index (χ2n) is 6.75. The van der Waals surface area contributed by atoms with Gasteiger partial charge in [-0.2, -0.15) is 4.98 Å². The summed E-state index contributed by atoms with van der Waals surface area (Å²) in [5.74, 6) is 0.413. The number of carbonyl (C=O) groups excluding carboxylic acids is 1. The monoisotopic (exact) mass is 456 g/mol. The maximum Gasteiger partial charge on any atom is 0.416 e. The molecule has 0 aliphatic heterocycles. The minimum Gasteiger partial charge on any atom is -0.443 e. The van der Waals surface area contributed by atoms with Crippen LogP contribution in [0.2, 0.25) is 5.28 Å². The van der Waals surface area contributed by atoms with Crippen LogP contribution in [-0.2, 0) is 11.3 Å². The molecule has 0 N–H and O–H groups in total. The average molecular weight is 458 g/mol.